The van der Waals surface area contributed by atoms with E-state index < -0.39 is 5.60 Å². The van der Waals surface area contributed by atoms with Gasteiger partial charge in [-0.15, -0.1) is 0 Å². The summed E-state index contributed by atoms with van der Waals surface area (Å²) in [6.45, 7) is 9.04. The van der Waals surface area contributed by atoms with Crippen LogP contribution in [0.25, 0.3) is 0 Å². The molecular weight excluding hydrogens is 166 g/mol. The Balaban J connectivity index is 4.43. The smallest absolute Gasteiger partial charge is 0.252 e. The topological polar surface area (TPSA) is 38.3 Å². The highest BCUT2D eigenvalue weighted by molar-refractivity contribution is 5.85. The van der Waals surface area contributed by atoms with Crippen molar-refractivity contribution in [3.05, 3.63) is 0 Å². The molecular formula is C10H21NO2. The second-order valence-electron chi connectivity index (χ2n) is 2.99. The summed E-state index contributed by atoms with van der Waals surface area (Å²) in [5.41, 5.74) is -0.606. The van der Waals surface area contributed by atoms with E-state index in [0.717, 1.165) is 12.8 Å². The van der Waals surface area contributed by atoms with Gasteiger partial charge in [0.1, 0.15) is 5.60 Å². The molecule has 3 nitrogen and oxygen atoms in total. The van der Waals surface area contributed by atoms with Gasteiger partial charge in [-0.3, -0.25) is 4.79 Å². The third-order valence-corrected chi connectivity index (χ3v) is 2.31. The lowest BCUT2D eigenvalue weighted by molar-refractivity contribution is -0.147. The van der Waals surface area contributed by atoms with Crippen LogP contribution in [0.5, 0.6) is 0 Å². The molecule has 0 aliphatic carbocycles. The molecule has 1 N–H and O–H groups in total. The van der Waals surface area contributed by atoms with E-state index in [9.17, 15) is 4.79 Å². The van der Waals surface area contributed by atoms with E-state index in [4.69, 9.17) is 4.74 Å². The van der Waals surface area contributed by atoms with Crippen molar-refractivity contribution < 1.29 is 9.53 Å². The molecule has 0 atom stereocenters. The number of hydrogen-bond donors (Lipinski definition) is 1. The van der Waals surface area contributed by atoms with Crippen molar-refractivity contribution in [3.8, 4) is 0 Å². The van der Waals surface area contributed by atoms with Gasteiger partial charge >= 0.3 is 0 Å². The standard InChI is InChI=1S/C10H21NO2/c1-5-10(6-2,13-8-4)9(12)11-7-3/h5-8H2,1-4H3,(H,11,12). The van der Waals surface area contributed by atoms with E-state index in [2.05, 4.69) is 5.32 Å². The van der Waals surface area contributed by atoms with Gasteiger partial charge in [-0.05, 0) is 26.7 Å². The lowest BCUT2D eigenvalue weighted by Gasteiger charge is -2.29. The quantitative estimate of drug-likeness (QED) is 0.687. The molecule has 0 heterocycles. The minimum atomic E-state index is -0.606. The van der Waals surface area contributed by atoms with Crippen molar-refractivity contribution in [2.45, 2.75) is 46.1 Å². The predicted octanol–water partition coefficient (Wildman–Crippen LogP) is 1.72. The molecule has 0 spiro atoms. The molecule has 0 fully saturated rings. The summed E-state index contributed by atoms with van der Waals surface area (Å²) in [6, 6.07) is 0. The maximum atomic E-state index is 11.7. The van der Waals surface area contributed by atoms with Crippen LogP contribution in [0, 0.1) is 0 Å². The first-order valence-electron chi connectivity index (χ1n) is 5.09. The van der Waals surface area contributed by atoms with Crippen LogP contribution in [-0.2, 0) is 9.53 Å². The maximum absolute atomic E-state index is 11.7. The molecule has 0 aliphatic rings. The molecule has 0 radical (unpaired) electrons. The van der Waals surface area contributed by atoms with Crippen LogP contribution in [-0.4, -0.2) is 24.7 Å². The number of ether oxygens (including phenoxy) is 1. The molecule has 0 unspecified atom stereocenters. The van der Waals surface area contributed by atoms with Gasteiger partial charge in [0.05, 0.1) is 0 Å². The molecule has 0 rings (SSSR count). The first kappa shape index (κ1) is 12.4. The third kappa shape index (κ3) is 2.99. The fraction of sp³-hybridized carbons (Fsp3) is 0.900. The van der Waals surface area contributed by atoms with Crippen LogP contribution in [0.1, 0.15) is 40.5 Å². The molecule has 0 bridgehead atoms. The monoisotopic (exact) mass is 187 g/mol. The summed E-state index contributed by atoms with van der Waals surface area (Å²) in [7, 11) is 0. The Labute approximate surface area is 80.8 Å². The molecule has 3 heteroatoms. The molecule has 13 heavy (non-hydrogen) atoms. The van der Waals surface area contributed by atoms with Crippen LogP contribution in [0.4, 0.5) is 0 Å². The average molecular weight is 187 g/mol. The van der Waals surface area contributed by atoms with Crippen molar-refractivity contribution in [2.75, 3.05) is 13.2 Å². The van der Waals surface area contributed by atoms with Crippen molar-refractivity contribution >= 4 is 5.91 Å². The SMILES string of the molecule is CCNC(=O)C(CC)(CC)OCC. The summed E-state index contributed by atoms with van der Waals surface area (Å²) in [5, 5.41) is 2.81. The van der Waals surface area contributed by atoms with E-state index in [1.54, 1.807) is 0 Å². The minimum absolute atomic E-state index is 0.0156. The number of amides is 1. The fourth-order valence-corrected chi connectivity index (χ4v) is 1.44. The molecule has 0 aliphatic heterocycles. The second-order valence-corrected chi connectivity index (χ2v) is 2.99. The Morgan fingerprint density at radius 1 is 1.23 bits per heavy atom. The Hall–Kier alpha value is -0.570. The lowest BCUT2D eigenvalue weighted by atomic mass is 9.96. The average Bonchev–Trinajstić information content (AvgIpc) is 2.14. The fourth-order valence-electron chi connectivity index (χ4n) is 1.44. The first-order chi connectivity index (χ1) is 6.16. The zero-order valence-corrected chi connectivity index (χ0v) is 9.14. The van der Waals surface area contributed by atoms with E-state index in [1.165, 1.54) is 0 Å². The van der Waals surface area contributed by atoms with Crippen LogP contribution in [0.3, 0.4) is 0 Å². The maximum Gasteiger partial charge on any atom is 0.252 e. The molecule has 1 amide bonds. The Bertz CT molecular complexity index is 153. The van der Waals surface area contributed by atoms with Gasteiger partial charge in [0, 0.05) is 13.2 Å². The van der Waals surface area contributed by atoms with E-state index in [-0.39, 0.29) is 5.91 Å². The molecule has 0 aromatic heterocycles. The summed E-state index contributed by atoms with van der Waals surface area (Å²) in [4.78, 5) is 11.7. The predicted molar refractivity (Wildman–Crippen MR) is 53.6 cm³/mol. The molecule has 0 saturated heterocycles. The molecule has 0 aromatic rings. The van der Waals surface area contributed by atoms with Gasteiger partial charge in [0.2, 0.25) is 0 Å². The van der Waals surface area contributed by atoms with E-state index >= 15 is 0 Å². The number of likely N-dealkylation sites (N-methyl/N-ethyl adjacent to an activating group) is 1. The minimum Gasteiger partial charge on any atom is -0.365 e. The number of rotatable bonds is 6. The first-order valence-corrected chi connectivity index (χ1v) is 5.09. The summed E-state index contributed by atoms with van der Waals surface area (Å²) < 4.78 is 5.53. The lowest BCUT2D eigenvalue weighted by Crippen LogP contribution is -2.48. The number of carbonyl (C=O) groups excluding carboxylic acids is 1. The van der Waals surface area contributed by atoms with Gasteiger partial charge in [0.25, 0.3) is 5.91 Å². The van der Waals surface area contributed by atoms with Crippen molar-refractivity contribution in [1.29, 1.82) is 0 Å². The zero-order chi connectivity index (χ0) is 10.3. The van der Waals surface area contributed by atoms with Crippen LogP contribution >= 0.6 is 0 Å². The van der Waals surface area contributed by atoms with Gasteiger partial charge < -0.3 is 10.1 Å². The van der Waals surface area contributed by atoms with Crippen LogP contribution in [0.15, 0.2) is 0 Å². The van der Waals surface area contributed by atoms with E-state index in [1.807, 2.05) is 27.7 Å². The number of carbonyl (C=O) groups is 1. The van der Waals surface area contributed by atoms with Crippen LogP contribution < -0.4 is 5.32 Å². The van der Waals surface area contributed by atoms with Gasteiger partial charge in [-0.25, -0.2) is 0 Å². The van der Waals surface area contributed by atoms with Gasteiger partial charge in [0.15, 0.2) is 0 Å². The normalized spacial score (nSPS) is 11.4. The molecule has 0 saturated carbocycles. The Kier molecular flexibility index (Phi) is 5.71. The van der Waals surface area contributed by atoms with Crippen LogP contribution in [0.2, 0.25) is 0 Å². The van der Waals surface area contributed by atoms with E-state index in [0.29, 0.717) is 13.2 Å². The highest BCUT2D eigenvalue weighted by Crippen LogP contribution is 2.20. The Morgan fingerprint density at radius 2 is 1.77 bits per heavy atom. The number of hydrogen-bond acceptors (Lipinski definition) is 2. The van der Waals surface area contributed by atoms with Gasteiger partial charge in [-0.1, -0.05) is 13.8 Å². The third-order valence-electron chi connectivity index (χ3n) is 2.31. The highest BCUT2D eigenvalue weighted by Gasteiger charge is 2.34. The van der Waals surface area contributed by atoms with Crippen molar-refractivity contribution in [2.24, 2.45) is 0 Å². The van der Waals surface area contributed by atoms with Crippen molar-refractivity contribution in [1.82, 2.24) is 5.32 Å². The molecule has 78 valence electrons. The van der Waals surface area contributed by atoms with Gasteiger partial charge in [-0.2, -0.15) is 0 Å². The zero-order valence-electron chi connectivity index (χ0n) is 9.14. The van der Waals surface area contributed by atoms with Crippen molar-refractivity contribution in [3.63, 3.8) is 0 Å². The largest absolute Gasteiger partial charge is 0.365 e. The summed E-state index contributed by atoms with van der Waals surface area (Å²) in [6.07, 6.45) is 1.45. The summed E-state index contributed by atoms with van der Waals surface area (Å²) in [5.74, 6) is 0.0156. The summed E-state index contributed by atoms with van der Waals surface area (Å²) >= 11 is 0. The Morgan fingerprint density at radius 3 is 2.08 bits per heavy atom. The molecule has 0 aromatic carbocycles. The second kappa shape index (κ2) is 5.97. The number of nitrogens with one attached hydrogen (secondary N) is 1. The highest BCUT2D eigenvalue weighted by atomic mass is 16.5.